The molecule has 0 aliphatic heterocycles. The highest BCUT2D eigenvalue weighted by Gasteiger charge is 2.23. The Morgan fingerprint density at radius 3 is 2.20 bits per heavy atom. The first-order valence-electron chi connectivity index (χ1n) is 7.68. The van der Waals surface area contributed by atoms with Crippen LogP contribution >= 0.6 is 23.2 Å². The molecule has 3 aromatic carbocycles. The lowest BCUT2D eigenvalue weighted by atomic mass is 10.2. The predicted molar refractivity (Wildman–Crippen MR) is 98.3 cm³/mol. The van der Waals surface area contributed by atoms with Crippen LogP contribution in [0.1, 0.15) is 0 Å². The van der Waals surface area contributed by atoms with E-state index in [4.69, 9.17) is 23.2 Å². The van der Waals surface area contributed by atoms with E-state index in [1.54, 1.807) is 9.59 Å². The van der Waals surface area contributed by atoms with E-state index in [1.807, 2.05) is 78.9 Å². The summed E-state index contributed by atoms with van der Waals surface area (Å²) in [4.78, 5) is 3.42. The lowest BCUT2D eigenvalue weighted by Gasteiger charge is -2.00. The molecule has 1 heterocycles. The fraction of sp³-hybridized carbons (Fsp3) is 0. The van der Waals surface area contributed by atoms with Gasteiger partial charge >= 0.3 is 5.82 Å². The van der Waals surface area contributed by atoms with E-state index in [2.05, 4.69) is 10.2 Å². The molecule has 1 aromatic heterocycles. The molecular weight excluding hydrogens is 355 g/mol. The molecule has 0 amide bonds. The summed E-state index contributed by atoms with van der Waals surface area (Å²) in [5, 5.41) is 10.6. The Bertz CT molecular complexity index is 966. The topological polar surface area (TPSA) is 34.6 Å². The van der Waals surface area contributed by atoms with E-state index in [1.165, 1.54) is 0 Å². The molecule has 6 heteroatoms. The third kappa shape index (κ3) is 3.27. The first kappa shape index (κ1) is 15.8. The van der Waals surface area contributed by atoms with Crippen molar-refractivity contribution in [1.29, 1.82) is 0 Å². The van der Waals surface area contributed by atoms with Gasteiger partial charge in [-0.1, -0.05) is 53.5 Å². The van der Waals surface area contributed by atoms with Crippen LogP contribution in [0, 0.1) is 0 Å². The summed E-state index contributed by atoms with van der Waals surface area (Å²) >= 11 is 12.3. The molecule has 0 spiro atoms. The van der Waals surface area contributed by atoms with E-state index in [0.717, 1.165) is 16.9 Å². The van der Waals surface area contributed by atoms with Gasteiger partial charge < -0.3 is 0 Å². The van der Waals surface area contributed by atoms with Crippen molar-refractivity contribution >= 4 is 23.2 Å². The van der Waals surface area contributed by atoms with Crippen LogP contribution in [0.15, 0.2) is 78.9 Å². The van der Waals surface area contributed by atoms with Gasteiger partial charge in [0, 0.05) is 20.9 Å². The van der Waals surface area contributed by atoms with Gasteiger partial charge in [-0.3, -0.25) is 0 Å². The van der Waals surface area contributed by atoms with Crippen LogP contribution in [0.25, 0.3) is 22.8 Å². The minimum Gasteiger partial charge on any atom is -0.0843 e. The number of rotatable bonds is 3. The average Bonchev–Trinajstić information content (AvgIpc) is 3.08. The summed E-state index contributed by atoms with van der Waals surface area (Å²) in [6, 6.07) is 24.8. The Kier molecular flexibility index (Phi) is 4.22. The largest absolute Gasteiger partial charge is 0.340 e. The van der Waals surface area contributed by atoms with Crippen molar-refractivity contribution in [1.82, 2.24) is 15.0 Å². The van der Waals surface area contributed by atoms with Crippen molar-refractivity contribution in [2.24, 2.45) is 0 Å². The maximum atomic E-state index is 6.15. The first-order chi connectivity index (χ1) is 12.2. The monoisotopic (exact) mass is 367 g/mol. The molecule has 0 saturated heterocycles. The molecule has 122 valence electrons. The molecule has 4 nitrogen and oxygen atoms in total. The number of benzene rings is 3. The summed E-state index contributed by atoms with van der Waals surface area (Å²) < 4.78 is 0. The number of nitrogens with zero attached hydrogens (tertiary/aromatic N) is 4. The summed E-state index contributed by atoms with van der Waals surface area (Å²) in [5.41, 5.74) is 2.54. The maximum Gasteiger partial charge on any atom is 0.340 e. The molecule has 0 aliphatic carbocycles. The number of hydrogen-bond donors (Lipinski definition) is 0. The lowest BCUT2D eigenvalue weighted by molar-refractivity contribution is -0.734. The smallest absolute Gasteiger partial charge is 0.0843 e. The Hall–Kier alpha value is -2.69. The maximum absolute atomic E-state index is 6.15. The SMILES string of the molecule is Clc1cccc(-n2nc(-c3ccccc3)n[n+]2-c2cccc(Cl)c2)c1. The van der Waals surface area contributed by atoms with Crippen LogP contribution in [-0.2, 0) is 0 Å². The van der Waals surface area contributed by atoms with Crippen molar-refractivity contribution in [3.05, 3.63) is 88.9 Å². The zero-order chi connectivity index (χ0) is 17.2. The normalized spacial score (nSPS) is 10.8. The number of tetrazole rings is 1. The highest BCUT2D eigenvalue weighted by molar-refractivity contribution is 6.31. The molecule has 0 radical (unpaired) electrons. The minimum absolute atomic E-state index is 0.612. The number of halogens is 2. The van der Waals surface area contributed by atoms with Gasteiger partial charge in [-0.05, 0) is 52.4 Å². The second-order valence-corrected chi connectivity index (χ2v) is 6.30. The van der Waals surface area contributed by atoms with Crippen molar-refractivity contribution in [2.75, 3.05) is 0 Å². The summed E-state index contributed by atoms with van der Waals surface area (Å²) in [6.07, 6.45) is 0. The van der Waals surface area contributed by atoms with Gasteiger partial charge in [0.15, 0.2) is 5.69 Å². The molecule has 0 unspecified atom stereocenters. The fourth-order valence-corrected chi connectivity index (χ4v) is 2.89. The molecule has 0 saturated carbocycles. The zero-order valence-corrected chi connectivity index (χ0v) is 14.6. The van der Waals surface area contributed by atoms with Crippen LogP contribution in [0.2, 0.25) is 10.0 Å². The van der Waals surface area contributed by atoms with Crippen molar-refractivity contribution in [3.8, 4) is 22.8 Å². The molecule has 4 aromatic rings. The van der Waals surface area contributed by atoms with Crippen LogP contribution in [0.5, 0.6) is 0 Å². The predicted octanol–water partition coefficient (Wildman–Crippen LogP) is 4.52. The van der Waals surface area contributed by atoms with Gasteiger partial charge in [-0.15, -0.1) is 0 Å². The first-order valence-corrected chi connectivity index (χ1v) is 8.43. The highest BCUT2D eigenvalue weighted by Crippen LogP contribution is 2.18. The molecule has 0 fully saturated rings. The second-order valence-electron chi connectivity index (χ2n) is 5.43. The Labute approximate surface area is 154 Å². The van der Waals surface area contributed by atoms with Crippen LogP contribution in [-0.4, -0.2) is 15.0 Å². The molecule has 0 bridgehead atoms. The standard InChI is InChI=1S/C19H13Cl2N4/c20-15-8-4-10-17(12-15)24-22-19(14-6-2-1-3-7-14)23-25(24)18-11-5-9-16(21)13-18/h1-13H/q+1. The van der Waals surface area contributed by atoms with E-state index >= 15 is 0 Å². The van der Waals surface area contributed by atoms with Gasteiger partial charge in [0.05, 0.1) is 10.7 Å². The summed E-state index contributed by atoms with van der Waals surface area (Å²) in [7, 11) is 0. The molecule has 0 aliphatic rings. The van der Waals surface area contributed by atoms with Gasteiger partial charge in [0.25, 0.3) is 0 Å². The minimum atomic E-state index is 0.612. The van der Waals surface area contributed by atoms with Gasteiger partial charge in [-0.2, -0.15) is 0 Å². The lowest BCUT2D eigenvalue weighted by Crippen LogP contribution is -2.43. The van der Waals surface area contributed by atoms with Gasteiger partial charge in [-0.25, -0.2) is 0 Å². The Morgan fingerprint density at radius 2 is 1.48 bits per heavy atom. The summed E-state index contributed by atoms with van der Waals surface area (Å²) in [6.45, 7) is 0. The second kappa shape index (κ2) is 6.67. The van der Waals surface area contributed by atoms with Crippen molar-refractivity contribution in [2.45, 2.75) is 0 Å². The molecule has 0 N–H and O–H groups in total. The number of aromatic nitrogens is 4. The van der Waals surface area contributed by atoms with E-state index in [0.29, 0.717) is 15.9 Å². The van der Waals surface area contributed by atoms with Crippen LogP contribution < -0.4 is 4.80 Å². The molecule has 25 heavy (non-hydrogen) atoms. The molecular formula is C19H13Cl2N4+. The summed E-state index contributed by atoms with van der Waals surface area (Å²) in [5.74, 6) is 0.612. The average molecular weight is 368 g/mol. The van der Waals surface area contributed by atoms with Crippen molar-refractivity contribution < 1.29 is 4.80 Å². The van der Waals surface area contributed by atoms with Crippen LogP contribution in [0.3, 0.4) is 0 Å². The van der Waals surface area contributed by atoms with E-state index < -0.39 is 0 Å². The van der Waals surface area contributed by atoms with E-state index in [-0.39, 0.29) is 0 Å². The van der Waals surface area contributed by atoms with E-state index in [9.17, 15) is 0 Å². The third-order valence-corrected chi connectivity index (χ3v) is 4.14. The molecule has 4 rings (SSSR count). The van der Waals surface area contributed by atoms with Gasteiger partial charge in [0.2, 0.25) is 0 Å². The van der Waals surface area contributed by atoms with Crippen LogP contribution in [0.4, 0.5) is 0 Å². The molecule has 0 atom stereocenters. The van der Waals surface area contributed by atoms with Crippen molar-refractivity contribution in [3.63, 3.8) is 0 Å². The third-order valence-electron chi connectivity index (χ3n) is 3.67. The highest BCUT2D eigenvalue weighted by atomic mass is 35.5. The Balaban J connectivity index is 1.93. The fourth-order valence-electron chi connectivity index (χ4n) is 2.52. The number of hydrogen-bond acceptors (Lipinski definition) is 2. The van der Waals surface area contributed by atoms with Gasteiger partial charge in [0.1, 0.15) is 5.69 Å². The quantitative estimate of drug-likeness (QED) is 0.499. The zero-order valence-electron chi connectivity index (χ0n) is 13.1. The Morgan fingerprint density at radius 1 is 0.760 bits per heavy atom.